The number of aliphatic hydroxyl groups is 1. The number of rotatable bonds is 11. The van der Waals surface area contributed by atoms with E-state index in [0.29, 0.717) is 86.2 Å². The predicted molar refractivity (Wildman–Crippen MR) is 319 cm³/mol. The van der Waals surface area contributed by atoms with Crippen molar-refractivity contribution in [3.05, 3.63) is 72.9 Å². The largest absolute Gasteiger partial charge is 0.465 e. The van der Waals surface area contributed by atoms with Crippen molar-refractivity contribution in [3.8, 4) is 6.07 Å². The minimum absolute atomic E-state index is 0.0145. The monoisotopic (exact) mass is 1300 g/mol. The van der Waals surface area contributed by atoms with Crippen LogP contribution in [0.2, 0.25) is 0 Å². The summed E-state index contributed by atoms with van der Waals surface area (Å²) in [7, 11) is 0. The van der Waals surface area contributed by atoms with E-state index in [2.05, 4.69) is 45.5 Å². The molecule has 0 aromatic rings. The minimum atomic E-state index is -1.06. The maximum atomic E-state index is 11.9. The molecule has 3 saturated carbocycles. The van der Waals surface area contributed by atoms with E-state index in [0.717, 1.165) is 32.1 Å². The van der Waals surface area contributed by atoms with E-state index >= 15 is 0 Å². The Morgan fingerprint density at radius 2 is 1.34 bits per heavy atom. The second-order valence-corrected chi connectivity index (χ2v) is 26.5. The van der Waals surface area contributed by atoms with E-state index in [1.807, 2.05) is 6.92 Å². The highest BCUT2D eigenvalue weighted by atomic mass is 16.6. The Morgan fingerprint density at radius 1 is 0.720 bits per heavy atom. The van der Waals surface area contributed by atoms with Gasteiger partial charge in [0.1, 0.15) is 53.2 Å². The van der Waals surface area contributed by atoms with E-state index < -0.39 is 83.3 Å². The fourth-order valence-corrected chi connectivity index (χ4v) is 13.3. The van der Waals surface area contributed by atoms with Crippen LogP contribution in [0.5, 0.6) is 0 Å². The highest BCUT2D eigenvalue weighted by molar-refractivity contribution is 5.92. The first-order chi connectivity index (χ1) is 43.4. The van der Waals surface area contributed by atoms with Crippen LogP contribution in [-0.4, -0.2) is 169 Å². The molecule has 26 heteroatoms. The number of esters is 11. The molecule has 9 heterocycles. The van der Waals surface area contributed by atoms with Gasteiger partial charge in [0, 0.05) is 83.3 Å². The van der Waals surface area contributed by atoms with Crippen molar-refractivity contribution >= 4 is 65.7 Å². The first kappa shape index (κ1) is 72.4. The van der Waals surface area contributed by atoms with Gasteiger partial charge in [0.05, 0.1) is 56.5 Å². The van der Waals surface area contributed by atoms with Crippen LogP contribution in [0.3, 0.4) is 0 Å². The number of aliphatic hydroxyl groups excluding tert-OH is 1. The Balaban J connectivity index is 0.000000160. The van der Waals surface area contributed by atoms with E-state index in [1.165, 1.54) is 6.92 Å². The molecular formula is C67H85NO25. The third-order valence-electron chi connectivity index (χ3n) is 19.4. The summed E-state index contributed by atoms with van der Waals surface area (Å²) >= 11 is 0. The van der Waals surface area contributed by atoms with Crippen LogP contribution in [-0.2, 0) is 114 Å². The van der Waals surface area contributed by atoms with Crippen LogP contribution in [0.4, 0.5) is 0 Å². The number of fused-ring (bicyclic) bond motifs is 6. The maximum absolute atomic E-state index is 11.9. The molecule has 16 atom stereocenters. The van der Waals surface area contributed by atoms with Crippen molar-refractivity contribution in [2.24, 2.45) is 34.5 Å². The molecule has 0 radical (unpaired) electrons. The molecule has 0 amide bonds. The van der Waals surface area contributed by atoms with Gasteiger partial charge in [-0.2, -0.15) is 5.26 Å². The first-order valence-electron chi connectivity index (χ1n) is 31.0. The van der Waals surface area contributed by atoms with Gasteiger partial charge < -0.3 is 66.7 Å². The molecule has 4 bridgehead atoms. The topological polar surface area (TPSA) is 352 Å². The SMILES string of the molecule is C=C(C)C(=O)OC(C)C1(C)CCOC1=O.C=C(C)C(=O)OC1(C)CC(=O)OC1C.C=C(C)C(=O)OC1CC2OC1C1COC(=O)C21.C=C(C)C(=O)OCC(=O)OC1C2CC3C1OC(=O)C3(C#N)C2.C=C1CC2(CCC(O)CC2)OC1=O.C=C1CC2(CCOC2C)OC1=O. The molecule has 93 heavy (non-hydrogen) atoms. The molecule has 2 spiro atoms. The zero-order valence-corrected chi connectivity index (χ0v) is 54.3. The molecule has 12 aliphatic rings. The fourth-order valence-electron chi connectivity index (χ4n) is 13.3. The van der Waals surface area contributed by atoms with Crippen LogP contribution in [0.1, 0.15) is 139 Å². The van der Waals surface area contributed by atoms with Crippen LogP contribution in [0.15, 0.2) is 72.9 Å². The molecule has 16 unspecified atom stereocenters. The van der Waals surface area contributed by atoms with E-state index in [-0.39, 0.29) is 107 Å². The van der Waals surface area contributed by atoms with Gasteiger partial charge >= 0.3 is 65.7 Å². The quantitative estimate of drug-likeness (QED) is 0.146. The zero-order valence-electron chi connectivity index (χ0n) is 54.3. The van der Waals surface area contributed by atoms with Crippen LogP contribution < -0.4 is 0 Å². The van der Waals surface area contributed by atoms with Crippen LogP contribution in [0.25, 0.3) is 0 Å². The van der Waals surface area contributed by atoms with Crippen LogP contribution in [0, 0.1) is 45.8 Å². The lowest BCUT2D eigenvalue weighted by Crippen LogP contribution is -2.40. The van der Waals surface area contributed by atoms with Gasteiger partial charge in [-0.25, -0.2) is 33.6 Å². The lowest BCUT2D eigenvalue weighted by Gasteiger charge is -2.33. The van der Waals surface area contributed by atoms with Crippen molar-refractivity contribution in [2.75, 3.05) is 26.4 Å². The average Bonchev–Trinajstić information content (AvgIpc) is 1.54. The van der Waals surface area contributed by atoms with E-state index in [4.69, 9.17) is 61.6 Å². The van der Waals surface area contributed by atoms with Gasteiger partial charge in [-0.3, -0.25) is 19.2 Å². The smallest absolute Gasteiger partial charge is 0.344 e. The predicted octanol–water partition coefficient (Wildman–Crippen LogP) is 5.77. The maximum Gasteiger partial charge on any atom is 0.344 e. The van der Waals surface area contributed by atoms with Gasteiger partial charge in [0.25, 0.3) is 0 Å². The molecule has 9 aliphatic heterocycles. The molecule has 3 aliphatic carbocycles. The molecule has 508 valence electrons. The van der Waals surface area contributed by atoms with Crippen molar-refractivity contribution in [1.82, 2.24) is 0 Å². The van der Waals surface area contributed by atoms with E-state index in [9.17, 15) is 63.1 Å². The Kier molecular flexibility index (Phi) is 22.3. The number of nitriles is 1. The lowest BCUT2D eigenvalue weighted by molar-refractivity contribution is -0.168. The fraction of sp³-hybridized carbons (Fsp3) is 0.642. The van der Waals surface area contributed by atoms with Gasteiger partial charge in [-0.15, -0.1) is 0 Å². The summed E-state index contributed by atoms with van der Waals surface area (Å²) in [6, 6.07) is 2.08. The lowest BCUT2D eigenvalue weighted by atomic mass is 9.75. The molecule has 12 fully saturated rings. The number of carbonyl (C=O) groups is 11. The Bertz CT molecular complexity index is 3130. The second-order valence-electron chi connectivity index (χ2n) is 26.5. The van der Waals surface area contributed by atoms with Gasteiger partial charge in [-0.05, 0) is 101 Å². The number of cyclic esters (lactones) is 3. The van der Waals surface area contributed by atoms with Gasteiger partial charge in [0.2, 0.25) is 0 Å². The second kappa shape index (κ2) is 28.7. The van der Waals surface area contributed by atoms with Crippen molar-refractivity contribution in [1.29, 1.82) is 5.26 Å². The van der Waals surface area contributed by atoms with Crippen molar-refractivity contribution in [3.63, 3.8) is 0 Å². The molecule has 0 aromatic heterocycles. The Morgan fingerprint density at radius 3 is 1.86 bits per heavy atom. The summed E-state index contributed by atoms with van der Waals surface area (Å²) < 4.78 is 67.3. The average molecular weight is 1300 g/mol. The third-order valence-corrected chi connectivity index (χ3v) is 19.4. The van der Waals surface area contributed by atoms with Crippen LogP contribution >= 0.6 is 0 Å². The standard InChI is InChI=1S/C15H15NO6.C12H14O5.C11H16O4.C10H14O4.C10H14O3.C9H12O3/c1-7(2)13(18)20-5-10(17)21-11-8-3-9-12(11)22-14(19)15(9,4-8)6-16;1-5(2)11(13)17-8-3-7-9-6(10(8)16-7)4-15-12(9)14;1-7(2)9(12)15-8(3)11(4)5-6-14-10(11)13;1-6(2)9(12)14-10(4)5-8(11)13-7(10)3;1-7-6-10(13-9(7)12)4-2-8(11)3-5-10;1-6-5-9(12-8(6)10)3-4-11-7(9)2/h8-9,11-12H,1,3-5H2,2H3;6-10H,1,3-4H2,2H3;8H,1,5-6H2,2-4H3;7H,1,5H2,2-4H3;8,11H,1-6H2;7H,1,3-5H2,2H3. The highest BCUT2D eigenvalue weighted by Gasteiger charge is 2.72. The summed E-state index contributed by atoms with van der Waals surface area (Å²) in [4.78, 5) is 125. The molecule has 26 nitrogen and oxygen atoms in total. The summed E-state index contributed by atoms with van der Waals surface area (Å²) in [6.45, 7) is 37.2. The van der Waals surface area contributed by atoms with Crippen molar-refractivity contribution < 1.29 is 119 Å². The Hall–Kier alpha value is -8.02. The highest BCUT2D eigenvalue weighted by Crippen LogP contribution is 2.62. The third kappa shape index (κ3) is 15.6. The molecule has 0 aromatic carbocycles. The van der Waals surface area contributed by atoms with E-state index in [1.54, 1.807) is 48.5 Å². The minimum Gasteiger partial charge on any atom is -0.465 e. The first-order valence-corrected chi connectivity index (χ1v) is 31.0. The summed E-state index contributed by atoms with van der Waals surface area (Å²) in [5.74, 6) is -4.95. The summed E-state index contributed by atoms with van der Waals surface area (Å²) in [5.41, 5.74) is -0.956. The molecule has 1 N–H and O–H groups in total. The number of hydrogen-bond acceptors (Lipinski definition) is 26. The number of ether oxygens (including phenoxy) is 13. The number of nitrogens with zero attached hydrogens (tertiary/aromatic N) is 1. The normalized spacial score (nSPS) is 36.4. The van der Waals surface area contributed by atoms with Crippen molar-refractivity contribution in [2.45, 2.75) is 211 Å². The van der Waals surface area contributed by atoms with Gasteiger partial charge in [0.15, 0.2) is 17.6 Å². The van der Waals surface area contributed by atoms with Gasteiger partial charge in [-0.1, -0.05) is 39.5 Å². The Labute approximate surface area is 539 Å². The molecule has 9 saturated heterocycles. The summed E-state index contributed by atoms with van der Waals surface area (Å²) in [6.07, 6.45) is 4.55. The number of carbonyl (C=O) groups excluding carboxylic acids is 11. The molecule has 12 rings (SSSR count). The zero-order chi connectivity index (χ0) is 69.0. The molecular weight excluding hydrogens is 1220 g/mol. The summed E-state index contributed by atoms with van der Waals surface area (Å²) in [5, 5.41) is 18.6. The number of hydrogen-bond donors (Lipinski definition) is 1.